The fraction of sp³-hybridized carbons (Fsp3) is 0. The van der Waals surface area contributed by atoms with E-state index < -0.39 is 5.24 Å². The van der Waals surface area contributed by atoms with Gasteiger partial charge in [-0.3, -0.25) is 4.79 Å². The number of carbonyl (C=O) groups is 1. The van der Waals surface area contributed by atoms with Crippen LogP contribution >= 0.6 is 58.0 Å². The lowest BCUT2D eigenvalue weighted by atomic mass is 10.0. The normalized spacial score (nSPS) is 10.6. The SMILES string of the molecule is O=C(Cl)c1cccc(-c2c(Cl)cc(Cl)cc2Cl)c1Cl. The topological polar surface area (TPSA) is 17.1 Å². The molecule has 0 spiro atoms. The molecule has 0 aliphatic heterocycles. The van der Waals surface area contributed by atoms with Gasteiger partial charge in [-0.15, -0.1) is 0 Å². The highest BCUT2D eigenvalue weighted by molar-refractivity contribution is 6.69. The molecule has 0 amide bonds. The summed E-state index contributed by atoms with van der Waals surface area (Å²) in [5.74, 6) is 0. The summed E-state index contributed by atoms with van der Waals surface area (Å²) in [4.78, 5) is 11.3. The molecule has 0 aromatic heterocycles. The van der Waals surface area contributed by atoms with Crippen LogP contribution in [0.15, 0.2) is 30.3 Å². The molecule has 0 unspecified atom stereocenters. The van der Waals surface area contributed by atoms with E-state index in [1.807, 2.05) is 0 Å². The standard InChI is InChI=1S/C13H5Cl5O/c14-6-4-9(15)11(10(16)5-6)7-2-1-3-8(12(7)17)13(18)19/h1-5H. The minimum absolute atomic E-state index is 0.197. The number of carbonyl (C=O) groups excluding carboxylic acids is 1. The van der Waals surface area contributed by atoms with Crippen molar-refractivity contribution in [1.29, 1.82) is 0 Å². The van der Waals surface area contributed by atoms with Gasteiger partial charge in [-0.05, 0) is 29.8 Å². The summed E-state index contributed by atoms with van der Waals surface area (Å²) < 4.78 is 0. The van der Waals surface area contributed by atoms with Gasteiger partial charge in [0, 0.05) is 16.1 Å². The molecule has 0 heterocycles. The molecule has 2 aromatic rings. The molecule has 0 N–H and O–H groups in total. The first-order valence-corrected chi connectivity index (χ1v) is 6.94. The Bertz CT molecular complexity index is 643. The number of hydrogen-bond acceptors (Lipinski definition) is 1. The Balaban J connectivity index is 2.73. The summed E-state index contributed by atoms with van der Waals surface area (Å²) in [5, 5.41) is 0.665. The van der Waals surface area contributed by atoms with Crippen molar-refractivity contribution in [1.82, 2.24) is 0 Å². The summed E-state index contributed by atoms with van der Waals surface area (Å²) in [7, 11) is 0. The highest BCUT2D eigenvalue weighted by Crippen LogP contribution is 2.41. The Labute approximate surface area is 135 Å². The van der Waals surface area contributed by atoms with E-state index >= 15 is 0 Å². The zero-order valence-corrected chi connectivity index (χ0v) is 13.0. The van der Waals surface area contributed by atoms with Crippen LogP contribution in [0.25, 0.3) is 11.1 Å². The monoisotopic (exact) mass is 352 g/mol. The fourth-order valence-corrected chi connectivity index (χ4v) is 3.21. The zero-order valence-electron chi connectivity index (χ0n) is 9.18. The molecule has 0 atom stereocenters. The van der Waals surface area contributed by atoms with Gasteiger partial charge in [0.05, 0.1) is 20.6 Å². The van der Waals surface area contributed by atoms with Crippen molar-refractivity contribution in [2.24, 2.45) is 0 Å². The van der Waals surface area contributed by atoms with Gasteiger partial charge in [-0.2, -0.15) is 0 Å². The maximum atomic E-state index is 11.3. The quantitative estimate of drug-likeness (QED) is 0.575. The van der Waals surface area contributed by atoms with E-state index in [9.17, 15) is 4.79 Å². The first-order chi connectivity index (χ1) is 8.91. The number of hydrogen-bond donors (Lipinski definition) is 0. The summed E-state index contributed by atoms with van der Waals surface area (Å²) in [5.41, 5.74) is 1.24. The van der Waals surface area contributed by atoms with Crippen LogP contribution in [0.5, 0.6) is 0 Å². The van der Waals surface area contributed by atoms with Crippen LogP contribution in [0.4, 0.5) is 0 Å². The molecular weight excluding hydrogens is 349 g/mol. The van der Waals surface area contributed by atoms with E-state index in [1.165, 1.54) is 6.07 Å². The lowest BCUT2D eigenvalue weighted by Gasteiger charge is -2.11. The number of halogens is 5. The van der Waals surface area contributed by atoms with E-state index in [0.29, 0.717) is 26.2 Å². The third-order valence-electron chi connectivity index (χ3n) is 2.49. The summed E-state index contributed by atoms with van der Waals surface area (Å²) in [6.45, 7) is 0. The smallest absolute Gasteiger partial charge is 0.253 e. The Morgan fingerprint density at radius 2 is 1.53 bits per heavy atom. The van der Waals surface area contributed by atoms with Gasteiger partial charge in [0.1, 0.15) is 0 Å². The minimum Gasteiger partial charge on any atom is -0.276 e. The van der Waals surface area contributed by atoms with Crippen LogP contribution in [0.2, 0.25) is 20.1 Å². The van der Waals surface area contributed by atoms with Crippen molar-refractivity contribution in [3.8, 4) is 11.1 Å². The molecule has 6 heteroatoms. The van der Waals surface area contributed by atoms with Gasteiger partial charge in [0.2, 0.25) is 0 Å². The average Bonchev–Trinajstić information content (AvgIpc) is 2.29. The molecule has 98 valence electrons. The van der Waals surface area contributed by atoms with E-state index in [2.05, 4.69) is 0 Å². The second kappa shape index (κ2) is 5.90. The van der Waals surface area contributed by atoms with Crippen molar-refractivity contribution >= 4 is 63.2 Å². The van der Waals surface area contributed by atoms with Crippen LogP contribution in [-0.4, -0.2) is 5.24 Å². The zero-order chi connectivity index (χ0) is 14.2. The minimum atomic E-state index is -0.645. The van der Waals surface area contributed by atoms with Crippen molar-refractivity contribution in [3.63, 3.8) is 0 Å². The molecule has 0 fully saturated rings. The average molecular weight is 354 g/mol. The van der Waals surface area contributed by atoms with Crippen LogP contribution < -0.4 is 0 Å². The second-order valence-corrected chi connectivity index (χ2v) is 5.66. The van der Waals surface area contributed by atoms with Crippen molar-refractivity contribution in [3.05, 3.63) is 56.0 Å². The van der Waals surface area contributed by atoms with Gasteiger partial charge in [-0.25, -0.2) is 0 Å². The fourth-order valence-electron chi connectivity index (χ4n) is 1.68. The van der Waals surface area contributed by atoms with Crippen molar-refractivity contribution < 1.29 is 4.79 Å². The highest BCUT2D eigenvalue weighted by atomic mass is 35.5. The molecular formula is C13H5Cl5O. The molecule has 0 saturated carbocycles. The molecule has 0 bridgehead atoms. The number of rotatable bonds is 2. The highest BCUT2D eigenvalue weighted by Gasteiger charge is 2.17. The summed E-state index contributed by atoms with van der Waals surface area (Å²) >= 11 is 29.7. The third-order valence-corrected chi connectivity index (χ3v) is 3.91. The predicted octanol–water partition coefficient (Wildman–Crippen LogP) is 6.35. The Morgan fingerprint density at radius 1 is 0.947 bits per heavy atom. The second-order valence-electron chi connectivity index (χ2n) is 3.69. The lowest BCUT2D eigenvalue weighted by molar-refractivity contribution is 0.108. The van der Waals surface area contributed by atoms with Crippen LogP contribution in [0, 0.1) is 0 Å². The van der Waals surface area contributed by atoms with Gasteiger partial charge in [-0.1, -0.05) is 58.5 Å². The summed E-state index contributed by atoms with van der Waals surface area (Å²) in [6.07, 6.45) is 0. The maximum Gasteiger partial charge on any atom is 0.253 e. The van der Waals surface area contributed by atoms with E-state index in [1.54, 1.807) is 24.3 Å². The Kier molecular flexibility index (Phi) is 4.65. The van der Waals surface area contributed by atoms with E-state index in [0.717, 1.165) is 0 Å². The molecule has 0 aliphatic rings. The largest absolute Gasteiger partial charge is 0.276 e. The number of benzene rings is 2. The first-order valence-electron chi connectivity index (χ1n) is 5.05. The maximum absolute atomic E-state index is 11.3. The van der Waals surface area contributed by atoms with Crippen LogP contribution in [0.1, 0.15) is 10.4 Å². The van der Waals surface area contributed by atoms with Crippen molar-refractivity contribution in [2.75, 3.05) is 0 Å². The van der Waals surface area contributed by atoms with Gasteiger partial charge < -0.3 is 0 Å². The van der Waals surface area contributed by atoms with E-state index in [4.69, 9.17) is 58.0 Å². The van der Waals surface area contributed by atoms with Gasteiger partial charge >= 0.3 is 0 Å². The molecule has 2 aromatic carbocycles. The molecule has 0 radical (unpaired) electrons. The van der Waals surface area contributed by atoms with Crippen molar-refractivity contribution in [2.45, 2.75) is 0 Å². The molecule has 0 aliphatic carbocycles. The first kappa shape index (κ1) is 15.0. The third kappa shape index (κ3) is 3.01. The van der Waals surface area contributed by atoms with Crippen LogP contribution in [0.3, 0.4) is 0 Å². The van der Waals surface area contributed by atoms with Gasteiger partial charge in [0.15, 0.2) is 0 Å². The lowest BCUT2D eigenvalue weighted by Crippen LogP contribution is -1.93. The Hall–Kier alpha value is -0.440. The Morgan fingerprint density at radius 3 is 2.05 bits per heavy atom. The molecule has 1 nitrogen and oxygen atoms in total. The van der Waals surface area contributed by atoms with E-state index in [-0.39, 0.29) is 10.6 Å². The molecule has 19 heavy (non-hydrogen) atoms. The van der Waals surface area contributed by atoms with Crippen LogP contribution in [-0.2, 0) is 0 Å². The van der Waals surface area contributed by atoms with Gasteiger partial charge in [0.25, 0.3) is 5.24 Å². The summed E-state index contributed by atoms with van der Waals surface area (Å²) in [6, 6.07) is 7.98. The molecule has 2 rings (SSSR count). The predicted molar refractivity (Wildman–Crippen MR) is 82.1 cm³/mol. The molecule has 0 saturated heterocycles.